The summed E-state index contributed by atoms with van der Waals surface area (Å²) in [4.78, 5) is 26.7. The average molecular weight is 510 g/mol. The summed E-state index contributed by atoms with van der Waals surface area (Å²) in [6, 6.07) is 20.6. The summed E-state index contributed by atoms with van der Waals surface area (Å²) in [5.41, 5.74) is 2.96. The van der Waals surface area contributed by atoms with E-state index in [1.807, 2.05) is 37.3 Å². The van der Waals surface area contributed by atoms with Gasteiger partial charge in [-0.3, -0.25) is 14.5 Å². The lowest BCUT2D eigenvalue weighted by Gasteiger charge is -2.14. The van der Waals surface area contributed by atoms with E-state index in [4.69, 9.17) is 25.8 Å². The van der Waals surface area contributed by atoms with Crippen molar-refractivity contribution in [2.45, 2.75) is 13.5 Å². The summed E-state index contributed by atoms with van der Waals surface area (Å²) < 4.78 is 17.0. The van der Waals surface area contributed by atoms with Crippen LogP contribution in [0.25, 0.3) is 6.08 Å². The Morgan fingerprint density at radius 1 is 0.943 bits per heavy atom. The van der Waals surface area contributed by atoms with Gasteiger partial charge < -0.3 is 14.2 Å². The number of hydrogen-bond donors (Lipinski definition) is 0. The molecule has 0 bridgehead atoms. The molecule has 3 aromatic rings. The van der Waals surface area contributed by atoms with Gasteiger partial charge in [0.15, 0.2) is 11.5 Å². The molecule has 2 amide bonds. The average Bonchev–Trinajstić information content (AvgIpc) is 3.12. The molecule has 1 saturated heterocycles. The van der Waals surface area contributed by atoms with Crippen LogP contribution in [0.15, 0.2) is 71.6 Å². The standard InChI is InChI=1S/C27H24ClNO5S/c1-18-7-9-19(10-8-18)17-34-23-12-11-20(15-24(23)32-2)16-25-26(30)29(27(31)35-25)13-14-33-22-6-4-3-5-21(22)28/h3-12,15-16H,13-14,17H2,1-2H3/b25-16-. The smallest absolute Gasteiger partial charge is 0.293 e. The van der Waals surface area contributed by atoms with Crippen molar-refractivity contribution in [3.8, 4) is 17.2 Å². The summed E-state index contributed by atoms with van der Waals surface area (Å²) in [7, 11) is 1.56. The zero-order chi connectivity index (χ0) is 24.8. The molecule has 1 fully saturated rings. The highest BCUT2D eigenvalue weighted by molar-refractivity contribution is 8.18. The second-order valence-corrected chi connectivity index (χ2v) is 9.20. The zero-order valence-corrected chi connectivity index (χ0v) is 20.9. The number of thioether (sulfide) groups is 1. The fourth-order valence-electron chi connectivity index (χ4n) is 3.39. The van der Waals surface area contributed by atoms with Gasteiger partial charge >= 0.3 is 0 Å². The predicted molar refractivity (Wildman–Crippen MR) is 138 cm³/mol. The number of rotatable bonds is 9. The normalized spacial score (nSPS) is 14.5. The summed E-state index contributed by atoms with van der Waals surface area (Å²) in [6.07, 6.45) is 1.67. The van der Waals surface area contributed by atoms with Gasteiger partial charge in [-0.2, -0.15) is 0 Å². The molecule has 8 heteroatoms. The van der Waals surface area contributed by atoms with Gasteiger partial charge in [-0.05, 0) is 60.2 Å². The fraction of sp³-hybridized carbons (Fsp3) is 0.185. The number of nitrogens with zero attached hydrogens (tertiary/aromatic N) is 1. The molecule has 0 radical (unpaired) electrons. The zero-order valence-electron chi connectivity index (χ0n) is 19.3. The molecule has 0 unspecified atom stereocenters. The van der Waals surface area contributed by atoms with Crippen LogP contribution < -0.4 is 14.2 Å². The van der Waals surface area contributed by atoms with Crippen molar-refractivity contribution in [2.24, 2.45) is 0 Å². The number of amides is 2. The number of imide groups is 1. The van der Waals surface area contributed by atoms with Gasteiger partial charge in [0, 0.05) is 0 Å². The van der Waals surface area contributed by atoms with Crippen molar-refractivity contribution >= 4 is 40.6 Å². The Kier molecular flexibility index (Phi) is 8.00. The maximum Gasteiger partial charge on any atom is 0.293 e. The monoisotopic (exact) mass is 509 g/mol. The third-order valence-corrected chi connectivity index (χ3v) is 6.50. The molecule has 0 aliphatic carbocycles. The number of para-hydroxylation sites is 1. The first-order chi connectivity index (χ1) is 16.9. The molecule has 3 aromatic carbocycles. The van der Waals surface area contributed by atoms with Crippen LogP contribution in [0.3, 0.4) is 0 Å². The molecule has 0 spiro atoms. The van der Waals surface area contributed by atoms with E-state index in [2.05, 4.69) is 0 Å². The Morgan fingerprint density at radius 2 is 1.71 bits per heavy atom. The minimum atomic E-state index is -0.360. The van der Waals surface area contributed by atoms with Gasteiger partial charge in [-0.25, -0.2) is 0 Å². The Hall–Kier alpha value is -3.42. The van der Waals surface area contributed by atoms with Gasteiger partial charge in [0.05, 0.1) is 23.6 Å². The van der Waals surface area contributed by atoms with E-state index >= 15 is 0 Å². The van der Waals surface area contributed by atoms with Gasteiger partial charge in [-0.15, -0.1) is 0 Å². The van der Waals surface area contributed by atoms with E-state index in [1.54, 1.807) is 49.6 Å². The highest BCUT2D eigenvalue weighted by Gasteiger charge is 2.34. The Balaban J connectivity index is 1.40. The summed E-state index contributed by atoms with van der Waals surface area (Å²) in [5.74, 6) is 1.28. The minimum Gasteiger partial charge on any atom is -0.493 e. The van der Waals surface area contributed by atoms with Gasteiger partial charge in [0.25, 0.3) is 11.1 Å². The maximum atomic E-state index is 12.8. The first kappa shape index (κ1) is 24.7. The van der Waals surface area contributed by atoms with Crippen molar-refractivity contribution < 1.29 is 23.8 Å². The molecular formula is C27H24ClNO5S. The second-order valence-electron chi connectivity index (χ2n) is 7.80. The number of carbonyl (C=O) groups is 2. The highest BCUT2D eigenvalue weighted by Crippen LogP contribution is 2.35. The van der Waals surface area contributed by atoms with Crippen molar-refractivity contribution in [1.29, 1.82) is 0 Å². The molecular weight excluding hydrogens is 486 g/mol. The van der Waals surface area contributed by atoms with Crippen LogP contribution in [0.1, 0.15) is 16.7 Å². The van der Waals surface area contributed by atoms with Crippen LogP contribution in [0, 0.1) is 6.92 Å². The Bertz CT molecular complexity index is 1260. The highest BCUT2D eigenvalue weighted by atomic mass is 35.5. The fourth-order valence-corrected chi connectivity index (χ4v) is 4.45. The van der Waals surface area contributed by atoms with Crippen molar-refractivity contribution in [2.75, 3.05) is 20.3 Å². The van der Waals surface area contributed by atoms with Crippen molar-refractivity contribution in [3.63, 3.8) is 0 Å². The van der Waals surface area contributed by atoms with Crippen LogP contribution in [0.2, 0.25) is 5.02 Å². The summed E-state index contributed by atoms with van der Waals surface area (Å²) in [6.45, 7) is 2.72. The Morgan fingerprint density at radius 3 is 2.46 bits per heavy atom. The lowest BCUT2D eigenvalue weighted by Crippen LogP contribution is -2.32. The quantitative estimate of drug-likeness (QED) is 0.313. The van der Waals surface area contributed by atoms with E-state index < -0.39 is 0 Å². The lowest BCUT2D eigenvalue weighted by molar-refractivity contribution is -0.123. The summed E-state index contributed by atoms with van der Waals surface area (Å²) >= 11 is 6.98. The number of halogens is 1. The van der Waals surface area contributed by atoms with Crippen LogP contribution >= 0.6 is 23.4 Å². The summed E-state index contributed by atoms with van der Waals surface area (Å²) in [5, 5.41) is 0.135. The Labute approximate surface area is 213 Å². The molecule has 35 heavy (non-hydrogen) atoms. The first-order valence-corrected chi connectivity index (χ1v) is 12.1. The SMILES string of the molecule is COc1cc(/C=C2\SC(=O)N(CCOc3ccccc3Cl)C2=O)ccc1OCc1ccc(C)cc1. The maximum absolute atomic E-state index is 12.8. The van der Waals surface area contributed by atoms with E-state index in [9.17, 15) is 9.59 Å². The number of carbonyl (C=O) groups excluding carboxylic acids is 2. The van der Waals surface area contributed by atoms with Crippen LogP contribution in [0.4, 0.5) is 4.79 Å². The molecule has 0 aromatic heterocycles. The molecule has 0 N–H and O–H groups in total. The van der Waals surface area contributed by atoms with E-state index in [0.717, 1.165) is 22.9 Å². The number of aryl methyl sites for hydroxylation is 1. The molecule has 6 nitrogen and oxygen atoms in total. The third-order valence-electron chi connectivity index (χ3n) is 5.28. The topological polar surface area (TPSA) is 65.1 Å². The second kappa shape index (κ2) is 11.3. The van der Waals surface area contributed by atoms with Crippen LogP contribution in [-0.4, -0.2) is 36.3 Å². The third kappa shape index (κ3) is 6.18. The predicted octanol–water partition coefficient (Wildman–Crippen LogP) is 6.35. The number of benzene rings is 3. The van der Waals surface area contributed by atoms with Gasteiger partial charge in [0.1, 0.15) is 19.0 Å². The molecule has 1 aliphatic heterocycles. The lowest BCUT2D eigenvalue weighted by atomic mass is 10.1. The first-order valence-electron chi connectivity index (χ1n) is 10.9. The molecule has 1 aliphatic rings. The molecule has 0 saturated carbocycles. The van der Waals surface area contributed by atoms with E-state index in [-0.39, 0.29) is 24.3 Å². The largest absolute Gasteiger partial charge is 0.493 e. The van der Waals surface area contributed by atoms with Crippen molar-refractivity contribution in [1.82, 2.24) is 4.90 Å². The van der Waals surface area contributed by atoms with Gasteiger partial charge in [0.2, 0.25) is 0 Å². The molecule has 4 rings (SSSR count). The van der Waals surface area contributed by atoms with Crippen LogP contribution in [0.5, 0.6) is 17.2 Å². The molecule has 0 atom stereocenters. The van der Waals surface area contributed by atoms with E-state index in [0.29, 0.717) is 33.8 Å². The van der Waals surface area contributed by atoms with Crippen molar-refractivity contribution in [3.05, 3.63) is 93.3 Å². The number of methoxy groups -OCH3 is 1. The van der Waals surface area contributed by atoms with Gasteiger partial charge in [-0.1, -0.05) is 59.6 Å². The number of ether oxygens (including phenoxy) is 3. The van der Waals surface area contributed by atoms with E-state index in [1.165, 1.54) is 10.5 Å². The minimum absolute atomic E-state index is 0.127. The molecule has 180 valence electrons. The number of hydrogen-bond acceptors (Lipinski definition) is 6. The molecule has 1 heterocycles. The van der Waals surface area contributed by atoms with Crippen LogP contribution in [-0.2, 0) is 11.4 Å².